The SMILES string of the molecule is Cc1ccc(C(N)c2oc3cc(Br)ccc3c2C)s1. The summed E-state index contributed by atoms with van der Waals surface area (Å²) in [6.07, 6.45) is 0. The monoisotopic (exact) mass is 335 g/mol. The van der Waals surface area contributed by atoms with Gasteiger partial charge in [0.2, 0.25) is 0 Å². The van der Waals surface area contributed by atoms with E-state index in [1.807, 2.05) is 12.1 Å². The van der Waals surface area contributed by atoms with Gasteiger partial charge in [-0.2, -0.15) is 0 Å². The number of benzene rings is 1. The van der Waals surface area contributed by atoms with Crippen molar-refractivity contribution in [3.8, 4) is 0 Å². The first-order chi connectivity index (χ1) is 9.06. The summed E-state index contributed by atoms with van der Waals surface area (Å²) in [5.74, 6) is 0.856. The highest BCUT2D eigenvalue weighted by atomic mass is 79.9. The Kier molecular flexibility index (Phi) is 3.25. The van der Waals surface area contributed by atoms with Crippen LogP contribution in [0.2, 0.25) is 0 Å². The lowest BCUT2D eigenvalue weighted by molar-refractivity contribution is 0.523. The number of nitrogens with two attached hydrogens (primary N) is 1. The van der Waals surface area contributed by atoms with Gasteiger partial charge in [-0.3, -0.25) is 0 Å². The van der Waals surface area contributed by atoms with Crippen molar-refractivity contribution in [1.82, 2.24) is 0 Å². The molecule has 3 rings (SSSR count). The smallest absolute Gasteiger partial charge is 0.135 e. The largest absolute Gasteiger partial charge is 0.459 e. The Balaban J connectivity index is 2.12. The van der Waals surface area contributed by atoms with Crippen LogP contribution in [0.5, 0.6) is 0 Å². The second-order valence-electron chi connectivity index (χ2n) is 4.66. The summed E-state index contributed by atoms with van der Waals surface area (Å²) in [7, 11) is 0. The van der Waals surface area contributed by atoms with E-state index in [2.05, 4.69) is 48.0 Å². The van der Waals surface area contributed by atoms with Gasteiger partial charge in [-0.25, -0.2) is 0 Å². The summed E-state index contributed by atoms with van der Waals surface area (Å²) in [5.41, 5.74) is 8.34. The summed E-state index contributed by atoms with van der Waals surface area (Å²) in [5, 5.41) is 1.13. The van der Waals surface area contributed by atoms with Crippen molar-refractivity contribution in [2.75, 3.05) is 0 Å². The third-order valence-electron chi connectivity index (χ3n) is 3.29. The van der Waals surface area contributed by atoms with Gasteiger partial charge in [0.1, 0.15) is 11.3 Å². The number of hydrogen-bond acceptors (Lipinski definition) is 3. The summed E-state index contributed by atoms with van der Waals surface area (Å²) in [6, 6.07) is 10.0. The first-order valence-electron chi connectivity index (χ1n) is 6.06. The van der Waals surface area contributed by atoms with E-state index in [-0.39, 0.29) is 6.04 Å². The Hall–Kier alpha value is -1.10. The molecular weight excluding hydrogens is 322 g/mol. The molecule has 0 aliphatic rings. The number of aryl methyl sites for hydroxylation is 2. The van der Waals surface area contributed by atoms with Crippen LogP contribution in [0.15, 0.2) is 39.2 Å². The lowest BCUT2D eigenvalue weighted by atomic mass is 10.1. The molecule has 1 aromatic carbocycles. The van der Waals surface area contributed by atoms with E-state index in [0.717, 1.165) is 31.6 Å². The normalized spacial score (nSPS) is 13.1. The minimum Gasteiger partial charge on any atom is -0.459 e. The zero-order valence-electron chi connectivity index (χ0n) is 10.7. The molecule has 0 fully saturated rings. The van der Waals surface area contributed by atoms with Gasteiger partial charge in [-0.15, -0.1) is 11.3 Å². The predicted molar refractivity (Wildman–Crippen MR) is 83.7 cm³/mol. The van der Waals surface area contributed by atoms with E-state index in [1.165, 1.54) is 4.88 Å². The Morgan fingerprint density at radius 3 is 2.68 bits per heavy atom. The van der Waals surface area contributed by atoms with E-state index >= 15 is 0 Å². The topological polar surface area (TPSA) is 39.2 Å². The number of halogens is 1. The van der Waals surface area contributed by atoms with Crippen LogP contribution in [-0.4, -0.2) is 0 Å². The van der Waals surface area contributed by atoms with Crippen molar-refractivity contribution >= 4 is 38.2 Å². The van der Waals surface area contributed by atoms with Crippen LogP contribution in [0.3, 0.4) is 0 Å². The van der Waals surface area contributed by atoms with Gasteiger partial charge in [-0.05, 0) is 44.2 Å². The molecule has 0 saturated heterocycles. The van der Waals surface area contributed by atoms with Gasteiger partial charge in [-0.1, -0.05) is 15.9 Å². The predicted octanol–water partition coefficient (Wildman–Crippen LogP) is 4.92. The summed E-state index contributed by atoms with van der Waals surface area (Å²) >= 11 is 5.18. The maximum absolute atomic E-state index is 6.34. The number of thiophene rings is 1. The van der Waals surface area contributed by atoms with Gasteiger partial charge >= 0.3 is 0 Å². The molecule has 19 heavy (non-hydrogen) atoms. The van der Waals surface area contributed by atoms with Crippen molar-refractivity contribution < 1.29 is 4.42 Å². The van der Waals surface area contributed by atoms with Gasteiger partial charge < -0.3 is 10.2 Å². The van der Waals surface area contributed by atoms with Crippen molar-refractivity contribution in [3.63, 3.8) is 0 Å². The molecule has 0 spiro atoms. The molecule has 0 saturated carbocycles. The van der Waals surface area contributed by atoms with Gasteiger partial charge in [0.25, 0.3) is 0 Å². The summed E-state index contributed by atoms with van der Waals surface area (Å²) in [6.45, 7) is 4.15. The van der Waals surface area contributed by atoms with Crippen LogP contribution in [-0.2, 0) is 0 Å². The third-order valence-corrected chi connectivity index (χ3v) is 4.86. The lowest BCUT2D eigenvalue weighted by Gasteiger charge is -2.07. The van der Waals surface area contributed by atoms with Crippen molar-refractivity contribution in [2.45, 2.75) is 19.9 Å². The zero-order chi connectivity index (χ0) is 13.6. The van der Waals surface area contributed by atoms with E-state index in [9.17, 15) is 0 Å². The Morgan fingerprint density at radius 2 is 2.00 bits per heavy atom. The van der Waals surface area contributed by atoms with E-state index < -0.39 is 0 Å². The third kappa shape index (κ3) is 2.24. The Bertz CT molecular complexity index is 744. The standard InChI is InChI=1S/C15H14BrNOS/c1-8-3-6-13(19-8)14(17)15-9(2)11-5-4-10(16)7-12(11)18-15/h3-7,14H,17H2,1-2H3. The second kappa shape index (κ2) is 4.78. The van der Waals surface area contributed by atoms with Crippen LogP contribution in [0, 0.1) is 13.8 Å². The van der Waals surface area contributed by atoms with Gasteiger partial charge in [0.15, 0.2) is 0 Å². The fourth-order valence-electron chi connectivity index (χ4n) is 2.26. The molecule has 0 radical (unpaired) electrons. The number of hydrogen-bond donors (Lipinski definition) is 1. The molecule has 2 heterocycles. The summed E-state index contributed by atoms with van der Waals surface area (Å²) in [4.78, 5) is 2.40. The fraction of sp³-hybridized carbons (Fsp3) is 0.200. The molecule has 3 aromatic rings. The maximum atomic E-state index is 6.34. The molecule has 98 valence electrons. The average Bonchev–Trinajstić information content (AvgIpc) is 2.93. The van der Waals surface area contributed by atoms with Crippen molar-refractivity contribution in [2.24, 2.45) is 5.73 Å². The highest BCUT2D eigenvalue weighted by Crippen LogP contribution is 2.34. The molecule has 2 N–H and O–H groups in total. The summed E-state index contributed by atoms with van der Waals surface area (Å²) < 4.78 is 6.97. The zero-order valence-corrected chi connectivity index (χ0v) is 13.1. The average molecular weight is 336 g/mol. The Labute approximate surface area is 124 Å². The van der Waals surface area contributed by atoms with Gasteiger partial charge in [0, 0.05) is 25.2 Å². The van der Waals surface area contributed by atoms with E-state index in [0.29, 0.717) is 0 Å². The lowest BCUT2D eigenvalue weighted by Crippen LogP contribution is -2.10. The first-order valence-corrected chi connectivity index (χ1v) is 7.67. The van der Waals surface area contributed by atoms with Gasteiger partial charge in [0.05, 0.1) is 6.04 Å². The second-order valence-corrected chi connectivity index (χ2v) is 6.89. The van der Waals surface area contributed by atoms with Crippen molar-refractivity contribution in [1.29, 1.82) is 0 Å². The molecule has 2 nitrogen and oxygen atoms in total. The fourth-order valence-corrected chi connectivity index (χ4v) is 3.48. The highest BCUT2D eigenvalue weighted by Gasteiger charge is 2.19. The molecule has 4 heteroatoms. The highest BCUT2D eigenvalue weighted by molar-refractivity contribution is 9.10. The van der Waals surface area contributed by atoms with Crippen LogP contribution in [0.1, 0.15) is 27.1 Å². The molecule has 0 amide bonds. The molecule has 1 atom stereocenters. The molecule has 0 bridgehead atoms. The minimum atomic E-state index is -0.190. The number of furan rings is 1. The molecule has 2 aromatic heterocycles. The first kappa shape index (κ1) is 12.9. The molecule has 0 aliphatic heterocycles. The number of fused-ring (bicyclic) bond motifs is 1. The molecule has 1 unspecified atom stereocenters. The number of rotatable bonds is 2. The van der Waals surface area contributed by atoms with Crippen LogP contribution in [0.25, 0.3) is 11.0 Å². The molecular formula is C15H14BrNOS. The Morgan fingerprint density at radius 1 is 1.21 bits per heavy atom. The van der Waals surface area contributed by atoms with Crippen molar-refractivity contribution in [3.05, 3.63) is 55.9 Å². The van der Waals surface area contributed by atoms with Crippen LogP contribution < -0.4 is 5.73 Å². The van der Waals surface area contributed by atoms with E-state index in [4.69, 9.17) is 10.2 Å². The minimum absolute atomic E-state index is 0.190. The molecule has 0 aliphatic carbocycles. The van der Waals surface area contributed by atoms with Crippen LogP contribution in [0.4, 0.5) is 0 Å². The quantitative estimate of drug-likeness (QED) is 0.721. The van der Waals surface area contributed by atoms with E-state index in [1.54, 1.807) is 11.3 Å². The van der Waals surface area contributed by atoms with Crippen LogP contribution >= 0.6 is 27.3 Å². The maximum Gasteiger partial charge on any atom is 0.135 e.